The van der Waals surface area contributed by atoms with Crippen LogP contribution in [0.5, 0.6) is 5.75 Å². The molecule has 2 aromatic rings. The fraction of sp³-hybridized carbons (Fsp3) is 0.538. The maximum absolute atomic E-state index is 10.7. The molecule has 0 amide bonds. The van der Waals surface area contributed by atoms with E-state index in [1.165, 1.54) is 5.56 Å². The highest BCUT2D eigenvalue weighted by molar-refractivity contribution is 5.47. The highest BCUT2D eigenvalue weighted by atomic mass is 16.5. The molecule has 162 valence electrons. The summed E-state index contributed by atoms with van der Waals surface area (Å²) in [4.78, 5) is 0. The van der Waals surface area contributed by atoms with Crippen molar-refractivity contribution in [3.8, 4) is 5.75 Å². The number of rotatable bonds is 6. The minimum Gasteiger partial charge on any atom is -0.487 e. The average Bonchev–Trinajstić information content (AvgIpc) is 2.72. The lowest BCUT2D eigenvalue weighted by molar-refractivity contribution is -0.138. The van der Waals surface area contributed by atoms with Gasteiger partial charge < -0.3 is 19.3 Å². The largest absolute Gasteiger partial charge is 0.487 e. The molecule has 0 bridgehead atoms. The second-order valence-corrected chi connectivity index (χ2v) is 9.70. The van der Waals surface area contributed by atoms with Crippen LogP contribution in [-0.2, 0) is 35.7 Å². The fourth-order valence-electron chi connectivity index (χ4n) is 5.36. The van der Waals surface area contributed by atoms with Crippen molar-refractivity contribution in [2.45, 2.75) is 71.6 Å². The quantitative estimate of drug-likeness (QED) is 0.725. The van der Waals surface area contributed by atoms with Gasteiger partial charge >= 0.3 is 0 Å². The molecule has 1 aliphatic heterocycles. The Hall–Kier alpha value is -1.88. The topological polar surface area (TPSA) is 47.9 Å². The van der Waals surface area contributed by atoms with E-state index in [0.29, 0.717) is 19.8 Å². The number of hydrogen-bond donors (Lipinski definition) is 1. The van der Waals surface area contributed by atoms with E-state index in [-0.39, 0.29) is 23.0 Å². The van der Waals surface area contributed by atoms with Gasteiger partial charge in [-0.25, -0.2) is 0 Å². The Morgan fingerprint density at radius 1 is 1.03 bits per heavy atom. The first kappa shape index (κ1) is 21.4. The zero-order valence-corrected chi connectivity index (χ0v) is 18.6. The molecule has 4 rings (SSSR count). The summed E-state index contributed by atoms with van der Waals surface area (Å²) in [5.74, 6) is 1.23. The molecule has 2 aromatic carbocycles. The van der Waals surface area contributed by atoms with Crippen LogP contribution in [0.1, 0.15) is 55.9 Å². The first-order valence-corrected chi connectivity index (χ1v) is 11.0. The van der Waals surface area contributed by atoms with Crippen molar-refractivity contribution in [2.75, 3.05) is 7.11 Å². The van der Waals surface area contributed by atoms with Crippen LogP contribution in [0.3, 0.4) is 0 Å². The Bertz CT molecular complexity index is 876. The molecule has 1 N–H and O–H groups in total. The summed E-state index contributed by atoms with van der Waals surface area (Å²) in [7, 11) is 1.72. The molecule has 3 atom stereocenters. The highest BCUT2D eigenvalue weighted by Gasteiger charge is 2.54. The van der Waals surface area contributed by atoms with E-state index in [9.17, 15) is 5.11 Å². The van der Waals surface area contributed by atoms with E-state index in [1.54, 1.807) is 7.11 Å². The summed E-state index contributed by atoms with van der Waals surface area (Å²) < 4.78 is 18.2. The van der Waals surface area contributed by atoms with Gasteiger partial charge in [-0.1, -0.05) is 44.2 Å². The summed E-state index contributed by atoms with van der Waals surface area (Å²) in [5.41, 5.74) is 4.12. The molecule has 0 spiro atoms. The van der Waals surface area contributed by atoms with Gasteiger partial charge in [-0.3, -0.25) is 0 Å². The van der Waals surface area contributed by atoms with E-state index in [4.69, 9.17) is 14.2 Å². The molecule has 1 saturated carbocycles. The van der Waals surface area contributed by atoms with Crippen LogP contribution in [0.15, 0.2) is 42.5 Å². The lowest BCUT2D eigenvalue weighted by Gasteiger charge is -2.55. The zero-order chi connectivity index (χ0) is 21.4. The molecule has 1 fully saturated rings. The number of aliphatic hydroxyl groups excluding tert-OH is 1. The van der Waals surface area contributed by atoms with Gasteiger partial charge in [0, 0.05) is 18.6 Å². The van der Waals surface area contributed by atoms with Crippen LogP contribution >= 0.6 is 0 Å². The molecule has 2 aliphatic rings. The predicted molar refractivity (Wildman–Crippen MR) is 117 cm³/mol. The first-order valence-electron chi connectivity index (χ1n) is 11.0. The van der Waals surface area contributed by atoms with Gasteiger partial charge in [-0.05, 0) is 60.4 Å². The number of methoxy groups -OCH3 is 1. The fourth-order valence-corrected chi connectivity index (χ4v) is 5.36. The van der Waals surface area contributed by atoms with Gasteiger partial charge in [0.05, 0.1) is 25.9 Å². The minimum atomic E-state index is -0.295. The molecule has 4 heteroatoms. The first-order chi connectivity index (χ1) is 14.3. The summed E-state index contributed by atoms with van der Waals surface area (Å²) in [6, 6.07) is 14.6. The zero-order valence-electron chi connectivity index (χ0n) is 18.6. The lowest BCUT2D eigenvalue weighted by Crippen LogP contribution is -2.58. The molecule has 1 aliphatic carbocycles. The van der Waals surface area contributed by atoms with Crippen molar-refractivity contribution in [3.63, 3.8) is 0 Å². The van der Waals surface area contributed by atoms with Crippen molar-refractivity contribution in [1.29, 1.82) is 0 Å². The van der Waals surface area contributed by atoms with Gasteiger partial charge in [0.15, 0.2) is 0 Å². The van der Waals surface area contributed by atoms with Crippen molar-refractivity contribution >= 4 is 0 Å². The van der Waals surface area contributed by atoms with Gasteiger partial charge in [0.25, 0.3) is 0 Å². The maximum atomic E-state index is 10.7. The van der Waals surface area contributed by atoms with Gasteiger partial charge in [-0.15, -0.1) is 0 Å². The molecular weight excluding hydrogens is 376 g/mol. The second kappa shape index (κ2) is 8.33. The van der Waals surface area contributed by atoms with Crippen molar-refractivity contribution in [2.24, 2.45) is 11.3 Å². The van der Waals surface area contributed by atoms with Crippen LogP contribution in [0, 0.1) is 11.3 Å². The van der Waals surface area contributed by atoms with E-state index >= 15 is 0 Å². The maximum Gasteiger partial charge on any atom is 0.128 e. The molecular formula is C26H34O4. The minimum absolute atomic E-state index is 0.189. The van der Waals surface area contributed by atoms with E-state index in [0.717, 1.165) is 41.7 Å². The van der Waals surface area contributed by atoms with Crippen molar-refractivity contribution in [3.05, 3.63) is 64.7 Å². The third-order valence-electron chi connectivity index (χ3n) is 7.15. The van der Waals surface area contributed by atoms with Crippen LogP contribution in [0.2, 0.25) is 0 Å². The summed E-state index contributed by atoms with van der Waals surface area (Å²) in [6.07, 6.45) is 2.25. The molecule has 30 heavy (non-hydrogen) atoms. The molecule has 0 saturated heterocycles. The normalized spacial score (nSPS) is 27.1. The Morgan fingerprint density at radius 2 is 1.80 bits per heavy atom. The molecule has 0 unspecified atom stereocenters. The van der Waals surface area contributed by atoms with Gasteiger partial charge in [0.2, 0.25) is 0 Å². The Balaban J connectivity index is 1.62. The van der Waals surface area contributed by atoms with Gasteiger partial charge in [0.1, 0.15) is 11.4 Å². The summed E-state index contributed by atoms with van der Waals surface area (Å²) in [5, 5.41) is 10.7. The van der Waals surface area contributed by atoms with Crippen LogP contribution in [-0.4, -0.2) is 23.9 Å². The van der Waals surface area contributed by atoms with E-state index < -0.39 is 0 Å². The number of fused-ring (bicyclic) bond motifs is 2. The molecule has 1 heterocycles. The number of ether oxygens (including phenoxy) is 3. The van der Waals surface area contributed by atoms with Crippen molar-refractivity contribution < 1.29 is 19.3 Å². The summed E-state index contributed by atoms with van der Waals surface area (Å²) in [6.45, 7) is 8.21. The number of hydrogen-bond acceptors (Lipinski definition) is 4. The number of aliphatic hydroxyl groups is 1. The third kappa shape index (κ3) is 4.01. The highest BCUT2D eigenvalue weighted by Crippen LogP contribution is 2.53. The lowest BCUT2D eigenvalue weighted by atomic mass is 9.57. The second-order valence-electron chi connectivity index (χ2n) is 9.70. The van der Waals surface area contributed by atoms with E-state index in [1.807, 2.05) is 18.2 Å². The number of benzene rings is 2. The third-order valence-corrected chi connectivity index (χ3v) is 7.15. The predicted octanol–water partition coefficient (Wildman–Crippen LogP) is 5.04. The van der Waals surface area contributed by atoms with Gasteiger partial charge in [-0.2, -0.15) is 0 Å². The Kier molecular flexibility index (Phi) is 5.93. The average molecular weight is 411 g/mol. The summed E-state index contributed by atoms with van der Waals surface area (Å²) >= 11 is 0. The van der Waals surface area contributed by atoms with E-state index in [2.05, 4.69) is 45.0 Å². The van der Waals surface area contributed by atoms with Crippen molar-refractivity contribution in [1.82, 2.24) is 0 Å². The van der Waals surface area contributed by atoms with Crippen LogP contribution in [0.4, 0.5) is 0 Å². The molecule has 0 aromatic heterocycles. The monoisotopic (exact) mass is 410 g/mol. The Labute approximate surface area is 180 Å². The smallest absolute Gasteiger partial charge is 0.128 e. The SMILES string of the molecule is COCc1cc(COCc2ccccc2)c2c(c1)C[C@@H]1C(C)(C)[C@H](O)CC[C@@]1(C)O2. The molecule has 0 radical (unpaired) electrons. The molecule has 4 nitrogen and oxygen atoms in total. The van der Waals surface area contributed by atoms with Crippen LogP contribution < -0.4 is 4.74 Å². The Morgan fingerprint density at radius 3 is 2.53 bits per heavy atom. The van der Waals surface area contributed by atoms with Crippen LogP contribution in [0.25, 0.3) is 0 Å². The standard InChI is InChI=1S/C26H34O4/c1-25(2)22-14-20-12-19(15-28-4)13-21(17-29-16-18-8-6-5-7-9-18)24(20)30-26(22,3)11-10-23(25)27/h5-9,12-13,22-23,27H,10-11,14-17H2,1-4H3/t22-,23-,26-/m1/s1.